The Morgan fingerprint density at radius 3 is 2.64 bits per heavy atom. The number of hydrogen-bond donors (Lipinski definition) is 2. The normalized spacial score (nSPS) is 17.2. The molecule has 3 aromatic carbocycles. The van der Waals surface area contributed by atoms with E-state index in [2.05, 4.69) is 10.3 Å². The summed E-state index contributed by atoms with van der Waals surface area (Å²) in [6, 6.07) is 22.5. The fraction of sp³-hybridized carbons (Fsp3) is 0.241. The molecule has 2 unspecified atom stereocenters. The molecule has 36 heavy (non-hydrogen) atoms. The third-order valence-corrected chi connectivity index (χ3v) is 6.80. The molecule has 2 amide bonds. The number of aromatic amines is 1. The molecule has 2 N–H and O–H groups in total. The maximum atomic E-state index is 13.9. The fourth-order valence-corrected chi connectivity index (χ4v) is 5.08. The molecule has 0 saturated carbocycles. The standard InChI is InChI=1S/C29H29N3O4/c1-35-15-14-32-27(24-18-30-25-13-6-5-10-21(24)25)26(22-11-3-4-12-23(22)29(32)34)28(33)31-17-19-8-7-9-20(16-19)36-2/h3-13,16,18,26-27,30H,14-15,17H2,1-2H3,(H,31,33). The van der Waals surface area contributed by atoms with E-state index in [0.717, 1.165) is 33.3 Å². The average Bonchev–Trinajstić information content (AvgIpc) is 3.35. The highest BCUT2D eigenvalue weighted by Crippen LogP contribution is 2.44. The van der Waals surface area contributed by atoms with Gasteiger partial charge in [-0.3, -0.25) is 9.59 Å². The molecule has 0 bridgehead atoms. The Morgan fingerprint density at radius 2 is 1.81 bits per heavy atom. The molecule has 1 aliphatic heterocycles. The largest absolute Gasteiger partial charge is 0.497 e. The summed E-state index contributed by atoms with van der Waals surface area (Å²) in [7, 11) is 3.23. The van der Waals surface area contributed by atoms with Gasteiger partial charge in [0, 0.05) is 48.4 Å². The van der Waals surface area contributed by atoms with Crippen LogP contribution in [-0.4, -0.2) is 49.1 Å². The Kier molecular flexibility index (Phi) is 6.73. The molecule has 7 nitrogen and oxygen atoms in total. The molecule has 2 heterocycles. The Bertz CT molecular complexity index is 1400. The molecule has 0 spiro atoms. The number of nitrogens with one attached hydrogen (secondary N) is 2. The monoisotopic (exact) mass is 483 g/mol. The van der Waals surface area contributed by atoms with Crippen LogP contribution in [0.3, 0.4) is 0 Å². The molecule has 5 rings (SSSR count). The zero-order valence-corrected chi connectivity index (χ0v) is 20.4. The van der Waals surface area contributed by atoms with Crippen LogP contribution in [-0.2, 0) is 16.1 Å². The molecule has 0 fully saturated rings. The number of methoxy groups -OCH3 is 2. The Labute approximate surface area is 210 Å². The van der Waals surface area contributed by atoms with E-state index in [4.69, 9.17) is 9.47 Å². The summed E-state index contributed by atoms with van der Waals surface area (Å²) in [6.45, 7) is 1.08. The first kappa shape index (κ1) is 23.6. The van der Waals surface area contributed by atoms with Gasteiger partial charge < -0.3 is 24.7 Å². The van der Waals surface area contributed by atoms with Crippen molar-refractivity contribution in [2.24, 2.45) is 0 Å². The number of nitrogens with zero attached hydrogens (tertiary/aromatic N) is 1. The van der Waals surface area contributed by atoms with Gasteiger partial charge in [-0.2, -0.15) is 0 Å². The Morgan fingerprint density at radius 1 is 1.00 bits per heavy atom. The first-order chi connectivity index (χ1) is 17.6. The summed E-state index contributed by atoms with van der Waals surface area (Å²) >= 11 is 0. The highest BCUT2D eigenvalue weighted by atomic mass is 16.5. The van der Waals surface area contributed by atoms with E-state index in [-0.39, 0.29) is 11.8 Å². The van der Waals surface area contributed by atoms with Crippen molar-refractivity contribution in [3.8, 4) is 5.75 Å². The fourth-order valence-electron chi connectivity index (χ4n) is 5.08. The molecule has 4 aromatic rings. The lowest BCUT2D eigenvalue weighted by atomic mass is 9.79. The van der Waals surface area contributed by atoms with Crippen molar-refractivity contribution in [1.82, 2.24) is 15.2 Å². The summed E-state index contributed by atoms with van der Waals surface area (Å²) in [5, 5.41) is 4.11. The number of carbonyl (C=O) groups excluding carboxylic acids is 2. The summed E-state index contributed by atoms with van der Waals surface area (Å²) < 4.78 is 10.7. The van der Waals surface area contributed by atoms with Gasteiger partial charge >= 0.3 is 0 Å². The molecule has 184 valence electrons. The number of rotatable bonds is 8. The minimum Gasteiger partial charge on any atom is -0.497 e. The van der Waals surface area contributed by atoms with E-state index in [9.17, 15) is 9.59 Å². The highest BCUT2D eigenvalue weighted by Gasteiger charge is 2.44. The van der Waals surface area contributed by atoms with E-state index in [0.29, 0.717) is 25.3 Å². The molecule has 1 aromatic heterocycles. The minimum absolute atomic E-state index is 0.102. The first-order valence-electron chi connectivity index (χ1n) is 12.0. The molecular weight excluding hydrogens is 454 g/mol. The maximum Gasteiger partial charge on any atom is 0.254 e. The molecule has 0 aliphatic carbocycles. The molecule has 1 aliphatic rings. The number of aromatic nitrogens is 1. The lowest BCUT2D eigenvalue weighted by Crippen LogP contribution is -2.48. The van der Waals surface area contributed by atoms with Gasteiger partial charge in [-0.1, -0.05) is 48.5 Å². The van der Waals surface area contributed by atoms with Gasteiger partial charge in [0.25, 0.3) is 5.91 Å². The van der Waals surface area contributed by atoms with E-state index in [1.165, 1.54) is 0 Å². The van der Waals surface area contributed by atoms with Gasteiger partial charge in [0.05, 0.1) is 25.7 Å². The number of amides is 2. The third-order valence-electron chi connectivity index (χ3n) is 6.80. The van der Waals surface area contributed by atoms with Gasteiger partial charge in [0.2, 0.25) is 5.91 Å². The van der Waals surface area contributed by atoms with Crippen LogP contribution in [0.5, 0.6) is 5.75 Å². The SMILES string of the molecule is COCCN1C(=O)c2ccccc2C(C(=O)NCc2cccc(OC)c2)C1c1c[nH]c2ccccc12. The van der Waals surface area contributed by atoms with Gasteiger partial charge in [0.15, 0.2) is 0 Å². The summed E-state index contributed by atoms with van der Waals surface area (Å²) in [4.78, 5) is 32.7. The van der Waals surface area contributed by atoms with Gasteiger partial charge in [-0.25, -0.2) is 0 Å². The van der Waals surface area contributed by atoms with E-state index < -0.39 is 12.0 Å². The minimum atomic E-state index is -0.597. The van der Waals surface area contributed by atoms with Crippen molar-refractivity contribution in [2.45, 2.75) is 18.5 Å². The van der Waals surface area contributed by atoms with Crippen LogP contribution in [0.1, 0.15) is 39.0 Å². The number of benzene rings is 3. The van der Waals surface area contributed by atoms with Crippen molar-refractivity contribution in [3.63, 3.8) is 0 Å². The summed E-state index contributed by atoms with van der Waals surface area (Å²) in [6.07, 6.45) is 1.92. The van der Waals surface area contributed by atoms with Crippen LogP contribution in [0.2, 0.25) is 0 Å². The zero-order chi connectivity index (χ0) is 25.1. The van der Waals surface area contributed by atoms with E-state index in [1.807, 2.05) is 72.9 Å². The second-order valence-electron chi connectivity index (χ2n) is 8.86. The van der Waals surface area contributed by atoms with Crippen LogP contribution in [0.25, 0.3) is 10.9 Å². The van der Waals surface area contributed by atoms with Crippen LogP contribution in [0.4, 0.5) is 0 Å². The van der Waals surface area contributed by atoms with Crippen LogP contribution in [0.15, 0.2) is 79.0 Å². The van der Waals surface area contributed by atoms with Gasteiger partial charge in [-0.05, 0) is 35.4 Å². The Balaban J connectivity index is 1.58. The summed E-state index contributed by atoms with van der Waals surface area (Å²) in [5.41, 5.74) is 4.08. The number of ether oxygens (including phenoxy) is 2. The molecule has 2 atom stereocenters. The quantitative estimate of drug-likeness (QED) is 0.389. The van der Waals surface area contributed by atoms with Crippen LogP contribution in [0, 0.1) is 0 Å². The summed E-state index contributed by atoms with van der Waals surface area (Å²) in [5.74, 6) is -0.108. The number of fused-ring (bicyclic) bond motifs is 2. The zero-order valence-electron chi connectivity index (χ0n) is 20.4. The smallest absolute Gasteiger partial charge is 0.254 e. The van der Waals surface area contributed by atoms with E-state index in [1.54, 1.807) is 25.2 Å². The maximum absolute atomic E-state index is 13.9. The predicted molar refractivity (Wildman–Crippen MR) is 138 cm³/mol. The van der Waals surface area contributed by atoms with Crippen molar-refractivity contribution in [1.29, 1.82) is 0 Å². The molecular formula is C29H29N3O4. The third kappa shape index (κ3) is 4.33. The van der Waals surface area contributed by atoms with Gasteiger partial charge in [0.1, 0.15) is 5.75 Å². The second kappa shape index (κ2) is 10.3. The lowest BCUT2D eigenvalue weighted by Gasteiger charge is -2.41. The topological polar surface area (TPSA) is 83.7 Å². The number of carbonyl (C=O) groups is 2. The average molecular weight is 484 g/mol. The van der Waals surface area contributed by atoms with Crippen molar-refractivity contribution >= 4 is 22.7 Å². The number of H-pyrrole nitrogens is 1. The lowest BCUT2D eigenvalue weighted by molar-refractivity contribution is -0.124. The van der Waals surface area contributed by atoms with Crippen molar-refractivity contribution in [2.75, 3.05) is 27.4 Å². The highest BCUT2D eigenvalue weighted by molar-refractivity contribution is 6.02. The Hall–Kier alpha value is -4.10. The molecule has 0 radical (unpaired) electrons. The van der Waals surface area contributed by atoms with Crippen molar-refractivity contribution < 1.29 is 19.1 Å². The molecule has 0 saturated heterocycles. The van der Waals surface area contributed by atoms with Crippen LogP contribution < -0.4 is 10.1 Å². The number of para-hydroxylation sites is 1. The predicted octanol–water partition coefficient (Wildman–Crippen LogP) is 4.42. The van der Waals surface area contributed by atoms with Gasteiger partial charge in [-0.15, -0.1) is 0 Å². The van der Waals surface area contributed by atoms with E-state index >= 15 is 0 Å². The molecule has 7 heteroatoms. The second-order valence-corrected chi connectivity index (χ2v) is 8.86. The number of hydrogen-bond acceptors (Lipinski definition) is 4. The van der Waals surface area contributed by atoms with Crippen molar-refractivity contribution in [3.05, 3.63) is 101 Å². The van der Waals surface area contributed by atoms with Crippen LogP contribution >= 0.6 is 0 Å². The first-order valence-corrected chi connectivity index (χ1v) is 12.0.